The molecule has 9 heteroatoms. The Bertz CT molecular complexity index is 1200. The second-order valence-corrected chi connectivity index (χ2v) is 8.94. The van der Waals surface area contributed by atoms with Crippen molar-refractivity contribution in [3.63, 3.8) is 0 Å². The summed E-state index contributed by atoms with van der Waals surface area (Å²) in [5.41, 5.74) is 3.31. The molecule has 148 valence electrons. The Morgan fingerprint density at radius 2 is 2.00 bits per heavy atom. The first kappa shape index (κ1) is 20.6. The van der Waals surface area contributed by atoms with Gasteiger partial charge in [-0.3, -0.25) is 0 Å². The SMILES string of the molecule is CCOc1ccc(C)cc1N=c1scc(-c2ccc(Cl)c(S(N)(=O)=O)c2)n1C. The van der Waals surface area contributed by atoms with Crippen LogP contribution in [0.1, 0.15) is 12.5 Å². The molecule has 3 rings (SSSR count). The van der Waals surface area contributed by atoms with E-state index in [-0.39, 0.29) is 9.92 Å². The molecular weight excluding hydrogens is 418 g/mol. The van der Waals surface area contributed by atoms with Gasteiger partial charge in [0, 0.05) is 18.0 Å². The third-order valence-electron chi connectivity index (χ3n) is 4.09. The quantitative estimate of drug-likeness (QED) is 0.654. The van der Waals surface area contributed by atoms with Gasteiger partial charge in [-0.2, -0.15) is 0 Å². The smallest absolute Gasteiger partial charge is 0.239 e. The van der Waals surface area contributed by atoms with E-state index in [1.165, 1.54) is 23.5 Å². The Hall–Kier alpha value is -2.13. The number of primary sulfonamides is 1. The van der Waals surface area contributed by atoms with Gasteiger partial charge in [-0.15, -0.1) is 11.3 Å². The minimum absolute atomic E-state index is 0.0927. The predicted molar refractivity (Wildman–Crippen MR) is 113 cm³/mol. The highest BCUT2D eigenvalue weighted by Gasteiger charge is 2.15. The minimum Gasteiger partial charge on any atom is -0.492 e. The van der Waals surface area contributed by atoms with Crippen LogP contribution in [0.3, 0.4) is 0 Å². The van der Waals surface area contributed by atoms with Crippen LogP contribution in [0, 0.1) is 6.92 Å². The van der Waals surface area contributed by atoms with Crippen molar-refractivity contribution < 1.29 is 13.2 Å². The molecule has 3 aromatic rings. The maximum atomic E-state index is 11.8. The second-order valence-electron chi connectivity index (χ2n) is 6.17. The van der Waals surface area contributed by atoms with Gasteiger partial charge in [-0.05, 0) is 43.7 Å². The van der Waals surface area contributed by atoms with E-state index in [0.29, 0.717) is 17.9 Å². The average molecular weight is 438 g/mol. The number of ether oxygens (including phenoxy) is 1. The lowest BCUT2D eigenvalue weighted by atomic mass is 10.2. The summed E-state index contributed by atoms with van der Waals surface area (Å²) >= 11 is 7.43. The van der Waals surface area contributed by atoms with Gasteiger partial charge in [0.05, 0.1) is 17.3 Å². The van der Waals surface area contributed by atoms with E-state index >= 15 is 0 Å². The summed E-state index contributed by atoms with van der Waals surface area (Å²) in [4.78, 5) is 5.38. The van der Waals surface area contributed by atoms with E-state index in [2.05, 4.69) is 0 Å². The van der Waals surface area contributed by atoms with Crippen LogP contribution >= 0.6 is 22.9 Å². The molecule has 0 atom stereocenters. The van der Waals surface area contributed by atoms with Gasteiger partial charge in [0.25, 0.3) is 0 Å². The van der Waals surface area contributed by atoms with Crippen molar-refractivity contribution >= 4 is 38.6 Å². The number of hydrogen-bond acceptors (Lipinski definition) is 5. The minimum atomic E-state index is -3.91. The molecule has 0 amide bonds. The highest BCUT2D eigenvalue weighted by molar-refractivity contribution is 7.89. The summed E-state index contributed by atoms with van der Waals surface area (Å²) < 4.78 is 31.1. The predicted octanol–water partition coefficient (Wildman–Crippen LogP) is 3.99. The van der Waals surface area contributed by atoms with Crippen LogP contribution in [0.25, 0.3) is 11.3 Å². The number of rotatable bonds is 5. The van der Waals surface area contributed by atoms with Gasteiger partial charge in [-0.25, -0.2) is 18.5 Å². The molecule has 0 saturated carbocycles. The van der Waals surface area contributed by atoms with Gasteiger partial charge in [0.2, 0.25) is 10.0 Å². The molecule has 0 aliphatic heterocycles. The van der Waals surface area contributed by atoms with Gasteiger partial charge in [0.1, 0.15) is 16.3 Å². The Labute approximate surface area is 172 Å². The highest BCUT2D eigenvalue weighted by atomic mass is 35.5. The number of aryl methyl sites for hydroxylation is 1. The standard InChI is InChI=1S/C19H20ClN3O3S2/c1-4-26-17-8-5-12(2)9-15(17)22-19-23(3)16(11-27-19)13-6-7-14(20)18(10-13)28(21,24)25/h5-11H,4H2,1-3H3,(H2,21,24,25). The van der Waals surface area contributed by atoms with Gasteiger partial charge in [0.15, 0.2) is 4.80 Å². The fourth-order valence-electron chi connectivity index (χ4n) is 2.71. The Kier molecular flexibility index (Phi) is 5.95. The lowest BCUT2D eigenvalue weighted by Crippen LogP contribution is -2.14. The van der Waals surface area contributed by atoms with Crippen molar-refractivity contribution in [1.29, 1.82) is 0 Å². The maximum absolute atomic E-state index is 11.8. The topological polar surface area (TPSA) is 86.7 Å². The summed E-state index contributed by atoms with van der Waals surface area (Å²) in [6, 6.07) is 10.6. The molecule has 2 N–H and O–H groups in total. The first-order valence-corrected chi connectivity index (χ1v) is 11.3. The molecule has 0 aliphatic rings. The lowest BCUT2D eigenvalue weighted by Gasteiger charge is -2.08. The molecule has 0 fully saturated rings. The molecule has 0 spiro atoms. The van der Waals surface area contributed by atoms with Gasteiger partial charge in [-0.1, -0.05) is 23.7 Å². The van der Waals surface area contributed by atoms with Crippen LogP contribution in [-0.2, 0) is 17.1 Å². The number of sulfonamides is 1. The third-order valence-corrected chi connectivity index (χ3v) is 6.40. The van der Waals surface area contributed by atoms with E-state index in [1.807, 2.05) is 49.0 Å². The van der Waals surface area contributed by atoms with E-state index in [9.17, 15) is 8.42 Å². The van der Waals surface area contributed by atoms with E-state index in [4.69, 9.17) is 26.5 Å². The number of nitrogens with zero attached hydrogens (tertiary/aromatic N) is 2. The molecule has 2 aromatic carbocycles. The van der Waals surface area contributed by atoms with E-state index < -0.39 is 10.0 Å². The average Bonchev–Trinajstić information content (AvgIpc) is 2.98. The fraction of sp³-hybridized carbons (Fsp3) is 0.211. The molecule has 0 radical (unpaired) electrons. The van der Waals surface area contributed by atoms with Crippen LogP contribution < -0.4 is 14.7 Å². The zero-order valence-corrected chi connectivity index (χ0v) is 18.0. The largest absolute Gasteiger partial charge is 0.492 e. The summed E-state index contributed by atoms with van der Waals surface area (Å²) in [5.74, 6) is 0.714. The lowest BCUT2D eigenvalue weighted by molar-refractivity contribution is 0.341. The van der Waals surface area contributed by atoms with Crippen molar-refractivity contribution in [2.75, 3.05) is 6.61 Å². The molecule has 1 heterocycles. The molecule has 0 saturated heterocycles. The number of thiazole rings is 1. The molecule has 28 heavy (non-hydrogen) atoms. The van der Waals surface area contributed by atoms with Crippen LogP contribution in [0.2, 0.25) is 5.02 Å². The van der Waals surface area contributed by atoms with E-state index in [1.54, 1.807) is 6.07 Å². The van der Waals surface area contributed by atoms with E-state index in [0.717, 1.165) is 21.7 Å². The molecule has 0 bridgehead atoms. The fourth-order valence-corrected chi connectivity index (χ4v) is 4.70. The molecule has 1 aromatic heterocycles. The van der Waals surface area contributed by atoms with Crippen molar-refractivity contribution in [3.8, 4) is 17.0 Å². The van der Waals surface area contributed by atoms with Crippen LogP contribution in [0.4, 0.5) is 5.69 Å². The zero-order valence-electron chi connectivity index (χ0n) is 15.6. The summed E-state index contributed by atoms with van der Waals surface area (Å²) in [7, 11) is -2.05. The maximum Gasteiger partial charge on any atom is 0.239 e. The normalized spacial score (nSPS) is 12.4. The van der Waals surface area contributed by atoms with Crippen molar-refractivity contribution in [1.82, 2.24) is 4.57 Å². The first-order chi connectivity index (χ1) is 13.2. The molecule has 0 aliphatic carbocycles. The number of nitrogens with two attached hydrogens (primary N) is 1. The highest BCUT2D eigenvalue weighted by Crippen LogP contribution is 2.30. The Morgan fingerprint density at radius 1 is 1.25 bits per heavy atom. The number of hydrogen-bond donors (Lipinski definition) is 1. The zero-order chi connectivity index (χ0) is 20.5. The molecule has 6 nitrogen and oxygen atoms in total. The van der Waals surface area contributed by atoms with Crippen LogP contribution in [0.5, 0.6) is 5.75 Å². The third kappa shape index (κ3) is 4.30. The van der Waals surface area contributed by atoms with Gasteiger partial charge >= 0.3 is 0 Å². The number of aromatic nitrogens is 1. The Balaban J connectivity index is 2.12. The number of halogens is 1. The van der Waals surface area contributed by atoms with Crippen LogP contribution in [-0.4, -0.2) is 19.6 Å². The van der Waals surface area contributed by atoms with Gasteiger partial charge < -0.3 is 9.30 Å². The van der Waals surface area contributed by atoms with Crippen LogP contribution in [0.15, 0.2) is 51.7 Å². The second kappa shape index (κ2) is 8.08. The molecular formula is C19H20ClN3O3S2. The summed E-state index contributed by atoms with van der Waals surface area (Å²) in [5, 5.41) is 7.26. The summed E-state index contributed by atoms with van der Waals surface area (Å²) in [6.07, 6.45) is 0. The Morgan fingerprint density at radius 3 is 2.68 bits per heavy atom. The molecule has 0 unspecified atom stereocenters. The number of benzene rings is 2. The van der Waals surface area contributed by atoms with Crippen molar-refractivity contribution in [2.45, 2.75) is 18.7 Å². The monoisotopic (exact) mass is 437 g/mol. The summed E-state index contributed by atoms with van der Waals surface area (Å²) in [6.45, 7) is 4.47. The van der Waals surface area contributed by atoms with Crippen molar-refractivity contribution in [2.24, 2.45) is 17.2 Å². The van der Waals surface area contributed by atoms with Crippen molar-refractivity contribution in [3.05, 3.63) is 57.2 Å². The first-order valence-electron chi connectivity index (χ1n) is 8.46.